The van der Waals surface area contributed by atoms with Crippen LogP contribution in [0.25, 0.3) is 0 Å². The minimum absolute atomic E-state index is 0.0947. The van der Waals surface area contributed by atoms with E-state index in [2.05, 4.69) is 9.97 Å². The number of esters is 1. The van der Waals surface area contributed by atoms with Gasteiger partial charge in [-0.25, -0.2) is 9.97 Å². The Kier molecular flexibility index (Phi) is 5.91. The summed E-state index contributed by atoms with van der Waals surface area (Å²) >= 11 is 0. The second-order valence-electron chi connectivity index (χ2n) is 8.79. The number of para-hydroxylation sites is 1. The average molecular weight is 487 g/mol. The molecule has 2 amide bonds. The van der Waals surface area contributed by atoms with E-state index in [1.807, 2.05) is 62.4 Å². The number of carbonyl (C=O) groups is 3. The van der Waals surface area contributed by atoms with E-state index in [1.165, 1.54) is 9.80 Å². The highest BCUT2D eigenvalue weighted by molar-refractivity contribution is 6.06. The molecule has 0 spiro atoms. The Morgan fingerprint density at radius 3 is 2.39 bits per heavy atom. The van der Waals surface area contributed by atoms with Gasteiger partial charge in [0.25, 0.3) is 5.91 Å². The molecule has 1 saturated heterocycles. The van der Waals surface area contributed by atoms with Gasteiger partial charge in [-0.2, -0.15) is 0 Å². The van der Waals surface area contributed by atoms with Crippen LogP contribution in [0.2, 0.25) is 0 Å². The number of β-lactam (4-membered cyclic amide) rings is 1. The quantitative estimate of drug-likeness (QED) is 0.390. The third-order valence-electron chi connectivity index (χ3n) is 6.49. The van der Waals surface area contributed by atoms with Crippen molar-refractivity contribution in [3.05, 3.63) is 83.2 Å². The Hall–Kier alpha value is -4.27. The summed E-state index contributed by atoms with van der Waals surface area (Å²) in [5.41, 5.74) is 2.26. The summed E-state index contributed by atoms with van der Waals surface area (Å²) in [4.78, 5) is 51.1. The van der Waals surface area contributed by atoms with Crippen molar-refractivity contribution in [1.29, 1.82) is 0 Å². The van der Waals surface area contributed by atoms with Gasteiger partial charge < -0.3 is 14.4 Å². The van der Waals surface area contributed by atoms with Crippen molar-refractivity contribution in [2.45, 2.75) is 32.4 Å². The van der Waals surface area contributed by atoms with Crippen LogP contribution in [-0.2, 0) is 24.7 Å². The first-order valence-electron chi connectivity index (χ1n) is 11.8. The number of rotatable bonds is 6. The summed E-state index contributed by atoms with van der Waals surface area (Å²) in [6.07, 6.45) is -1.02. The summed E-state index contributed by atoms with van der Waals surface area (Å²) < 4.78 is 11.3. The molecule has 3 aromatic rings. The monoisotopic (exact) mass is 486 g/mol. The number of benzene rings is 2. The molecule has 0 bridgehead atoms. The first kappa shape index (κ1) is 23.5. The molecule has 1 aromatic heterocycles. The molecule has 1 fully saturated rings. The Morgan fingerprint density at radius 1 is 1.03 bits per heavy atom. The Bertz CT molecular complexity index is 1320. The van der Waals surface area contributed by atoms with E-state index in [-0.39, 0.29) is 37.5 Å². The summed E-state index contributed by atoms with van der Waals surface area (Å²) in [6.45, 7) is 5.08. The molecular weight excluding hydrogens is 460 g/mol. The zero-order valence-electron chi connectivity index (χ0n) is 20.3. The van der Waals surface area contributed by atoms with Gasteiger partial charge in [-0.05, 0) is 38.5 Å². The van der Waals surface area contributed by atoms with Gasteiger partial charge in [0, 0.05) is 17.0 Å². The maximum absolute atomic E-state index is 13.6. The van der Waals surface area contributed by atoms with Crippen LogP contribution in [0.15, 0.2) is 60.7 Å². The predicted molar refractivity (Wildman–Crippen MR) is 130 cm³/mol. The molecule has 2 aliphatic heterocycles. The van der Waals surface area contributed by atoms with Gasteiger partial charge >= 0.3 is 12.0 Å². The number of hydrogen-bond acceptors (Lipinski definition) is 7. The molecule has 2 atom stereocenters. The van der Waals surface area contributed by atoms with E-state index in [4.69, 9.17) is 9.47 Å². The number of hydrogen-bond donors (Lipinski definition) is 0. The number of aromatic nitrogens is 2. The Balaban J connectivity index is 1.69. The van der Waals surface area contributed by atoms with E-state index >= 15 is 0 Å². The second kappa shape index (κ2) is 9.07. The fourth-order valence-electron chi connectivity index (χ4n) is 5.10. The maximum Gasteiger partial charge on any atom is 0.326 e. The van der Waals surface area contributed by atoms with E-state index in [1.54, 1.807) is 19.1 Å². The first-order valence-corrected chi connectivity index (χ1v) is 11.8. The topological polar surface area (TPSA) is 102 Å². The number of amides is 2. The molecule has 184 valence electrons. The number of carbonyl (C=O) groups excluding carboxylic acids is 3. The van der Waals surface area contributed by atoms with Crippen LogP contribution in [0.1, 0.15) is 29.4 Å². The van der Waals surface area contributed by atoms with Crippen molar-refractivity contribution in [2.24, 2.45) is 0 Å². The van der Waals surface area contributed by atoms with E-state index in [0.29, 0.717) is 22.6 Å². The number of ether oxygens (including phenoxy) is 2. The van der Waals surface area contributed by atoms with Crippen molar-refractivity contribution < 1.29 is 23.9 Å². The van der Waals surface area contributed by atoms with Crippen molar-refractivity contribution >= 4 is 23.5 Å². The highest BCUT2D eigenvalue weighted by atomic mass is 16.5. The lowest BCUT2D eigenvalue weighted by Crippen LogP contribution is -2.74. The SMILES string of the molecule is CCOC(=O)CN1C(=O)CN2C(=O)[C@@H](Oc3nc(C)cc(C)n3)[C@@]2(c2ccccc2)c2ccccc21. The number of fused-ring (bicyclic) bond motifs is 3. The molecule has 2 aromatic carbocycles. The molecule has 0 N–H and O–H groups in total. The standard InChI is InChI=1S/C27H26N4O5/c1-4-35-23(33)16-30-21-13-9-8-12-20(21)27(19-10-6-5-7-11-19)24(25(34)31(27)15-22(30)32)36-26-28-17(2)14-18(3)29-26/h5-14,24H,4,15-16H2,1-3H3/t24-,27-/m1/s1. The van der Waals surface area contributed by atoms with Crippen molar-refractivity contribution in [3.8, 4) is 6.01 Å². The summed E-state index contributed by atoms with van der Waals surface area (Å²) in [6, 6.07) is 18.6. The number of anilines is 1. The van der Waals surface area contributed by atoms with E-state index in [9.17, 15) is 14.4 Å². The van der Waals surface area contributed by atoms with Crippen LogP contribution in [0, 0.1) is 13.8 Å². The van der Waals surface area contributed by atoms with Crippen LogP contribution in [0.5, 0.6) is 6.01 Å². The molecule has 9 nitrogen and oxygen atoms in total. The third-order valence-corrected chi connectivity index (χ3v) is 6.49. The molecule has 2 aliphatic rings. The highest BCUT2D eigenvalue weighted by Gasteiger charge is 2.67. The van der Waals surface area contributed by atoms with E-state index in [0.717, 1.165) is 5.56 Å². The minimum Gasteiger partial charge on any atom is -0.465 e. The largest absolute Gasteiger partial charge is 0.465 e. The van der Waals surface area contributed by atoms with Gasteiger partial charge in [-0.3, -0.25) is 19.3 Å². The van der Waals surface area contributed by atoms with Gasteiger partial charge in [-0.15, -0.1) is 0 Å². The van der Waals surface area contributed by atoms with Crippen molar-refractivity contribution in [3.63, 3.8) is 0 Å². The lowest BCUT2D eigenvalue weighted by molar-refractivity contribution is -0.178. The normalized spacial score (nSPS) is 20.7. The molecule has 0 unspecified atom stereocenters. The molecule has 5 rings (SSSR count). The fraction of sp³-hybridized carbons (Fsp3) is 0.296. The molecular formula is C27H26N4O5. The highest BCUT2D eigenvalue weighted by Crippen LogP contribution is 2.52. The summed E-state index contributed by atoms with van der Waals surface area (Å²) in [5, 5.41) is 0. The van der Waals surface area contributed by atoms with Gasteiger partial charge in [0.05, 0.1) is 12.3 Å². The minimum atomic E-state index is -1.13. The lowest BCUT2D eigenvalue weighted by atomic mass is 9.69. The number of nitrogens with zero attached hydrogens (tertiary/aromatic N) is 4. The maximum atomic E-state index is 13.6. The van der Waals surface area contributed by atoms with Gasteiger partial charge in [0.1, 0.15) is 18.6 Å². The second-order valence-corrected chi connectivity index (χ2v) is 8.79. The van der Waals surface area contributed by atoms with Gasteiger partial charge in [0.2, 0.25) is 12.0 Å². The first-order chi connectivity index (χ1) is 17.4. The van der Waals surface area contributed by atoms with Crippen LogP contribution >= 0.6 is 0 Å². The smallest absolute Gasteiger partial charge is 0.326 e. The molecule has 0 aliphatic carbocycles. The molecule has 3 heterocycles. The molecule has 0 radical (unpaired) electrons. The van der Waals surface area contributed by atoms with E-state index < -0.39 is 17.6 Å². The van der Waals surface area contributed by atoms with Crippen molar-refractivity contribution in [2.75, 3.05) is 24.6 Å². The Labute approximate surface area is 208 Å². The fourth-order valence-corrected chi connectivity index (χ4v) is 5.10. The molecule has 0 saturated carbocycles. The van der Waals surface area contributed by atoms with Gasteiger partial charge in [-0.1, -0.05) is 48.5 Å². The number of aryl methyl sites for hydroxylation is 2. The van der Waals surface area contributed by atoms with Crippen LogP contribution in [0.3, 0.4) is 0 Å². The molecule has 9 heteroatoms. The zero-order chi connectivity index (χ0) is 25.4. The van der Waals surface area contributed by atoms with Gasteiger partial charge in [0.15, 0.2) is 0 Å². The van der Waals surface area contributed by atoms with Crippen LogP contribution in [0.4, 0.5) is 5.69 Å². The van der Waals surface area contributed by atoms with Crippen molar-refractivity contribution in [1.82, 2.24) is 14.9 Å². The summed E-state index contributed by atoms with van der Waals surface area (Å²) in [5.74, 6) is -1.27. The molecule has 36 heavy (non-hydrogen) atoms. The third kappa shape index (κ3) is 3.67. The average Bonchev–Trinajstić information content (AvgIpc) is 2.95. The van der Waals surface area contributed by atoms with Crippen LogP contribution in [-0.4, -0.2) is 58.5 Å². The predicted octanol–water partition coefficient (Wildman–Crippen LogP) is 2.54. The Morgan fingerprint density at radius 2 is 1.69 bits per heavy atom. The van der Waals surface area contributed by atoms with Crippen LogP contribution < -0.4 is 9.64 Å². The zero-order valence-corrected chi connectivity index (χ0v) is 20.3. The lowest BCUT2D eigenvalue weighted by Gasteiger charge is -2.55. The summed E-state index contributed by atoms with van der Waals surface area (Å²) in [7, 11) is 0.